The van der Waals surface area contributed by atoms with Crippen molar-refractivity contribution < 1.29 is 9.53 Å². The van der Waals surface area contributed by atoms with E-state index in [-0.39, 0.29) is 12.1 Å². The predicted octanol–water partition coefficient (Wildman–Crippen LogP) is 2.46. The molecular weight excluding hydrogens is 278 g/mol. The van der Waals surface area contributed by atoms with Gasteiger partial charge in [-0.1, -0.05) is 6.92 Å². The number of hydrogen-bond donors (Lipinski definition) is 1. The van der Waals surface area contributed by atoms with Crippen LogP contribution in [-0.4, -0.2) is 66.3 Å². The molecule has 22 heavy (non-hydrogen) atoms. The topological polar surface area (TPSA) is 44.8 Å². The Kier molecular flexibility index (Phi) is 6.09. The fourth-order valence-corrected chi connectivity index (χ4v) is 3.55. The molecule has 0 bridgehead atoms. The largest absolute Gasteiger partial charge is 0.444 e. The quantitative estimate of drug-likeness (QED) is 0.869. The average molecular weight is 311 g/mol. The van der Waals surface area contributed by atoms with E-state index in [9.17, 15) is 4.79 Å². The summed E-state index contributed by atoms with van der Waals surface area (Å²) < 4.78 is 5.38. The highest BCUT2D eigenvalue weighted by atomic mass is 16.6. The molecule has 2 atom stereocenters. The Morgan fingerprint density at radius 1 is 1.18 bits per heavy atom. The van der Waals surface area contributed by atoms with Gasteiger partial charge in [0.05, 0.1) is 0 Å². The van der Waals surface area contributed by atoms with Crippen LogP contribution in [0.4, 0.5) is 4.79 Å². The summed E-state index contributed by atoms with van der Waals surface area (Å²) in [5, 5.41) is 3.07. The Hall–Kier alpha value is -0.810. The minimum atomic E-state index is -0.422. The minimum Gasteiger partial charge on any atom is -0.444 e. The number of amides is 1. The lowest BCUT2D eigenvalue weighted by molar-refractivity contribution is 0.0436. The van der Waals surface area contributed by atoms with Gasteiger partial charge >= 0.3 is 6.09 Å². The number of ether oxygens (including phenoxy) is 1. The zero-order valence-electron chi connectivity index (χ0n) is 14.7. The lowest BCUT2D eigenvalue weighted by Crippen LogP contribution is -2.53. The summed E-state index contributed by atoms with van der Waals surface area (Å²) in [5.41, 5.74) is -0.422. The van der Waals surface area contributed by atoms with Crippen molar-refractivity contribution in [3.05, 3.63) is 0 Å². The molecule has 1 aliphatic carbocycles. The number of alkyl carbamates (subject to hydrolysis) is 1. The first-order chi connectivity index (χ1) is 10.4. The van der Waals surface area contributed by atoms with E-state index in [4.69, 9.17) is 4.74 Å². The molecule has 1 saturated heterocycles. The zero-order chi connectivity index (χ0) is 16.2. The van der Waals surface area contributed by atoms with Crippen LogP contribution in [-0.2, 0) is 4.74 Å². The maximum atomic E-state index is 11.9. The molecule has 1 saturated carbocycles. The summed E-state index contributed by atoms with van der Waals surface area (Å²) in [4.78, 5) is 17.1. The maximum absolute atomic E-state index is 11.9. The third kappa shape index (κ3) is 5.43. The molecular formula is C17H33N3O2. The van der Waals surface area contributed by atoms with Crippen LogP contribution < -0.4 is 5.32 Å². The average Bonchev–Trinajstić information content (AvgIpc) is 2.45. The minimum absolute atomic E-state index is 0.262. The number of carbonyl (C=O) groups excluding carboxylic acids is 1. The Labute approximate surface area is 135 Å². The van der Waals surface area contributed by atoms with E-state index in [2.05, 4.69) is 22.0 Å². The lowest BCUT2D eigenvalue weighted by atomic mass is 9.89. The third-order valence-electron chi connectivity index (χ3n) is 4.74. The van der Waals surface area contributed by atoms with E-state index in [0.717, 1.165) is 32.5 Å². The van der Waals surface area contributed by atoms with Crippen molar-refractivity contribution >= 4 is 6.09 Å². The third-order valence-corrected chi connectivity index (χ3v) is 4.74. The van der Waals surface area contributed by atoms with Crippen molar-refractivity contribution in [2.75, 3.05) is 32.7 Å². The van der Waals surface area contributed by atoms with Gasteiger partial charge in [-0.15, -0.1) is 0 Å². The standard InChI is InChI=1S/C17H33N3O2/c1-5-19-9-11-20(12-10-19)15-8-6-7-14(13-15)18-16(21)22-17(2,3)4/h14-15H,5-13H2,1-4H3,(H,18,21). The number of piperazine rings is 1. The molecule has 0 radical (unpaired) electrons. The number of hydrogen-bond acceptors (Lipinski definition) is 4. The molecule has 0 aromatic rings. The molecule has 1 N–H and O–H groups in total. The fourth-order valence-electron chi connectivity index (χ4n) is 3.55. The van der Waals surface area contributed by atoms with Crippen LogP contribution >= 0.6 is 0 Å². The molecule has 2 aliphatic rings. The van der Waals surface area contributed by atoms with E-state index in [0.29, 0.717) is 6.04 Å². The van der Waals surface area contributed by atoms with Crippen molar-refractivity contribution in [3.63, 3.8) is 0 Å². The molecule has 0 spiro atoms. The number of nitrogens with zero attached hydrogens (tertiary/aromatic N) is 2. The Morgan fingerprint density at radius 3 is 2.45 bits per heavy atom. The first-order valence-electron chi connectivity index (χ1n) is 8.83. The highest BCUT2D eigenvalue weighted by Crippen LogP contribution is 2.24. The molecule has 128 valence electrons. The van der Waals surface area contributed by atoms with Crippen LogP contribution in [0.15, 0.2) is 0 Å². The zero-order valence-corrected chi connectivity index (χ0v) is 14.7. The van der Waals surface area contributed by atoms with E-state index in [1.165, 1.54) is 25.9 Å². The molecule has 2 fully saturated rings. The van der Waals surface area contributed by atoms with E-state index < -0.39 is 5.60 Å². The lowest BCUT2D eigenvalue weighted by Gasteiger charge is -2.42. The second-order valence-corrected chi connectivity index (χ2v) is 7.63. The van der Waals surface area contributed by atoms with Crippen LogP contribution in [0, 0.1) is 0 Å². The number of nitrogens with one attached hydrogen (secondary N) is 1. The van der Waals surface area contributed by atoms with Gasteiger partial charge in [-0.05, 0) is 53.0 Å². The first kappa shape index (κ1) is 17.5. The molecule has 0 aromatic carbocycles. The van der Waals surface area contributed by atoms with Gasteiger partial charge in [0, 0.05) is 38.3 Å². The summed E-state index contributed by atoms with van der Waals surface area (Å²) in [6.07, 6.45) is 4.32. The number of likely N-dealkylation sites (N-methyl/N-ethyl adjacent to an activating group) is 1. The summed E-state index contributed by atoms with van der Waals surface area (Å²) in [6.45, 7) is 13.8. The summed E-state index contributed by atoms with van der Waals surface area (Å²) in [5.74, 6) is 0. The fraction of sp³-hybridized carbons (Fsp3) is 0.941. The number of carbonyl (C=O) groups is 1. The molecule has 5 heteroatoms. The molecule has 1 heterocycles. The molecule has 2 rings (SSSR count). The monoisotopic (exact) mass is 311 g/mol. The molecule has 1 aliphatic heterocycles. The van der Waals surface area contributed by atoms with Gasteiger partial charge in [0.15, 0.2) is 0 Å². The normalized spacial score (nSPS) is 28.4. The second-order valence-electron chi connectivity index (χ2n) is 7.63. The van der Waals surface area contributed by atoms with E-state index in [1.807, 2.05) is 20.8 Å². The number of rotatable bonds is 3. The molecule has 5 nitrogen and oxygen atoms in total. The highest BCUT2D eigenvalue weighted by molar-refractivity contribution is 5.68. The van der Waals surface area contributed by atoms with E-state index in [1.54, 1.807) is 0 Å². The van der Waals surface area contributed by atoms with Gasteiger partial charge in [-0.3, -0.25) is 4.90 Å². The molecule has 2 unspecified atom stereocenters. The van der Waals surface area contributed by atoms with Gasteiger partial charge in [-0.25, -0.2) is 4.79 Å². The van der Waals surface area contributed by atoms with Crippen molar-refractivity contribution in [1.82, 2.24) is 15.1 Å². The van der Waals surface area contributed by atoms with Crippen LogP contribution in [0.2, 0.25) is 0 Å². The summed E-state index contributed by atoms with van der Waals surface area (Å²) in [6, 6.07) is 0.880. The van der Waals surface area contributed by atoms with E-state index >= 15 is 0 Å². The Morgan fingerprint density at radius 2 is 1.86 bits per heavy atom. The maximum Gasteiger partial charge on any atom is 0.407 e. The SMILES string of the molecule is CCN1CCN(C2CCCC(NC(=O)OC(C)(C)C)C2)CC1. The van der Waals surface area contributed by atoms with Gasteiger partial charge in [0.1, 0.15) is 5.60 Å². The van der Waals surface area contributed by atoms with Gasteiger partial charge in [0.25, 0.3) is 0 Å². The highest BCUT2D eigenvalue weighted by Gasteiger charge is 2.30. The first-order valence-corrected chi connectivity index (χ1v) is 8.83. The molecule has 1 amide bonds. The van der Waals surface area contributed by atoms with Gasteiger partial charge < -0.3 is 15.0 Å². The van der Waals surface area contributed by atoms with Crippen LogP contribution in [0.1, 0.15) is 53.4 Å². The Balaban J connectivity index is 1.78. The second kappa shape index (κ2) is 7.64. The van der Waals surface area contributed by atoms with Crippen LogP contribution in [0.25, 0.3) is 0 Å². The summed E-state index contributed by atoms with van der Waals surface area (Å²) in [7, 11) is 0. The van der Waals surface area contributed by atoms with Crippen molar-refractivity contribution in [2.45, 2.75) is 71.1 Å². The van der Waals surface area contributed by atoms with Crippen LogP contribution in [0.5, 0.6) is 0 Å². The Bertz CT molecular complexity index is 359. The van der Waals surface area contributed by atoms with Crippen molar-refractivity contribution in [3.8, 4) is 0 Å². The predicted molar refractivity (Wildman–Crippen MR) is 89.1 cm³/mol. The summed E-state index contributed by atoms with van der Waals surface area (Å²) >= 11 is 0. The molecule has 0 aromatic heterocycles. The van der Waals surface area contributed by atoms with Crippen LogP contribution in [0.3, 0.4) is 0 Å². The van der Waals surface area contributed by atoms with Crippen molar-refractivity contribution in [2.24, 2.45) is 0 Å². The smallest absolute Gasteiger partial charge is 0.407 e. The van der Waals surface area contributed by atoms with Crippen molar-refractivity contribution in [1.29, 1.82) is 0 Å². The van der Waals surface area contributed by atoms with Gasteiger partial charge in [0.2, 0.25) is 0 Å². The van der Waals surface area contributed by atoms with Gasteiger partial charge in [-0.2, -0.15) is 0 Å².